The smallest absolute Gasteiger partial charge is 0.234 e. The molecule has 100 valence electrons. The predicted octanol–water partition coefficient (Wildman–Crippen LogP) is 1.10. The second-order valence-corrected chi connectivity index (χ2v) is 4.92. The minimum Gasteiger partial charge on any atom is -0.368 e. The number of nitrogens with one attached hydrogen (secondary N) is 1. The normalized spacial score (nSPS) is 23.5. The van der Waals surface area contributed by atoms with Crippen LogP contribution in [0.2, 0.25) is 0 Å². The summed E-state index contributed by atoms with van der Waals surface area (Å²) in [6.07, 6.45) is 5.61. The topological polar surface area (TPSA) is 58.4 Å². The monoisotopic (exact) mass is 241 g/mol. The van der Waals surface area contributed by atoms with Gasteiger partial charge in [-0.25, -0.2) is 0 Å². The third kappa shape index (κ3) is 4.28. The molecule has 2 atom stereocenters. The molecule has 3 N–H and O–H groups in total. The van der Waals surface area contributed by atoms with Gasteiger partial charge in [0, 0.05) is 12.6 Å². The molecule has 1 aliphatic rings. The van der Waals surface area contributed by atoms with Gasteiger partial charge in [0.15, 0.2) is 0 Å². The molecule has 0 bridgehead atoms. The van der Waals surface area contributed by atoms with E-state index >= 15 is 0 Å². The van der Waals surface area contributed by atoms with Gasteiger partial charge in [-0.1, -0.05) is 20.3 Å². The lowest BCUT2D eigenvalue weighted by Gasteiger charge is -2.39. The highest BCUT2D eigenvalue weighted by Crippen LogP contribution is 2.20. The molecule has 1 rings (SSSR count). The fourth-order valence-corrected chi connectivity index (χ4v) is 2.70. The first-order chi connectivity index (χ1) is 8.20. The number of rotatable bonds is 7. The van der Waals surface area contributed by atoms with Gasteiger partial charge in [-0.05, 0) is 38.8 Å². The average Bonchev–Trinajstić information content (AvgIpc) is 2.32. The molecule has 1 aliphatic heterocycles. The molecule has 0 saturated carbocycles. The third-order valence-electron chi connectivity index (χ3n) is 3.59. The van der Waals surface area contributed by atoms with Crippen molar-refractivity contribution in [2.75, 3.05) is 19.6 Å². The van der Waals surface area contributed by atoms with E-state index in [-0.39, 0.29) is 11.9 Å². The van der Waals surface area contributed by atoms with Crippen molar-refractivity contribution in [3.8, 4) is 0 Å². The van der Waals surface area contributed by atoms with Crippen LogP contribution in [0.4, 0.5) is 0 Å². The third-order valence-corrected chi connectivity index (χ3v) is 3.59. The van der Waals surface area contributed by atoms with Crippen molar-refractivity contribution in [2.45, 2.75) is 58.0 Å². The fourth-order valence-electron chi connectivity index (χ4n) is 2.70. The quantitative estimate of drug-likeness (QED) is 0.656. The molecule has 1 heterocycles. The van der Waals surface area contributed by atoms with Gasteiger partial charge in [-0.15, -0.1) is 0 Å². The Bertz CT molecular complexity index is 233. The molecule has 0 aliphatic carbocycles. The summed E-state index contributed by atoms with van der Waals surface area (Å²) in [6, 6.07) is 0.400. The largest absolute Gasteiger partial charge is 0.368 e. The van der Waals surface area contributed by atoms with E-state index in [4.69, 9.17) is 5.73 Å². The van der Waals surface area contributed by atoms with Crippen molar-refractivity contribution in [3.05, 3.63) is 0 Å². The van der Waals surface area contributed by atoms with Crippen LogP contribution in [0.1, 0.15) is 46.0 Å². The summed E-state index contributed by atoms with van der Waals surface area (Å²) < 4.78 is 0. The van der Waals surface area contributed by atoms with Crippen molar-refractivity contribution < 1.29 is 4.79 Å². The number of carbonyl (C=O) groups excluding carboxylic acids is 1. The van der Waals surface area contributed by atoms with Crippen LogP contribution in [0.3, 0.4) is 0 Å². The first-order valence-electron chi connectivity index (χ1n) is 6.96. The molecule has 1 amide bonds. The molecule has 0 aromatic rings. The van der Waals surface area contributed by atoms with Crippen LogP contribution >= 0.6 is 0 Å². The maximum absolute atomic E-state index is 11.5. The van der Waals surface area contributed by atoms with Gasteiger partial charge < -0.3 is 11.1 Å². The summed E-state index contributed by atoms with van der Waals surface area (Å²) >= 11 is 0. The van der Waals surface area contributed by atoms with Crippen molar-refractivity contribution >= 4 is 5.91 Å². The number of carbonyl (C=O) groups is 1. The molecule has 17 heavy (non-hydrogen) atoms. The highest BCUT2D eigenvalue weighted by molar-refractivity contribution is 5.79. The SMILES string of the molecule is CCCNCC1CCCCN1C(CC)C(N)=O. The zero-order valence-electron chi connectivity index (χ0n) is 11.2. The van der Waals surface area contributed by atoms with Gasteiger partial charge in [0.05, 0.1) is 6.04 Å². The minimum atomic E-state index is -0.171. The van der Waals surface area contributed by atoms with Crippen LogP contribution in [0, 0.1) is 0 Å². The number of likely N-dealkylation sites (tertiary alicyclic amines) is 1. The van der Waals surface area contributed by atoms with E-state index in [0.717, 1.165) is 32.5 Å². The summed E-state index contributed by atoms with van der Waals surface area (Å²) in [6.45, 7) is 7.26. The summed E-state index contributed by atoms with van der Waals surface area (Å²) in [5, 5.41) is 3.46. The van der Waals surface area contributed by atoms with E-state index in [0.29, 0.717) is 6.04 Å². The summed E-state index contributed by atoms with van der Waals surface area (Å²) in [7, 11) is 0. The van der Waals surface area contributed by atoms with Crippen molar-refractivity contribution in [3.63, 3.8) is 0 Å². The Balaban J connectivity index is 2.54. The zero-order valence-corrected chi connectivity index (χ0v) is 11.2. The van der Waals surface area contributed by atoms with Gasteiger partial charge in [0.25, 0.3) is 0 Å². The average molecular weight is 241 g/mol. The highest BCUT2D eigenvalue weighted by atomic mass is 16.1. The Morgan fingerprint density at radius 2 is 2.24 bits per heavy atom. The molecular weight excluding hydrogens is 214 g/mol. The van der Waals surface area contributed by atoms with Crippen LogP contribution in [0.5, 0.6) is 0 Å². The number of hydrogen-bond donors (Lipinski definition) is 2. The van der Waals surface area contributed by atoms with E-state index in [9.17, 15) is 4.79 Å². The van der Waals surface area contributed by atoms with E-state index in [2.05, 4.69) is 17.1 Å². The number of nitrogens with zero attached hydrogens (tertiary/aromatic N) is 1. The fraction of sp³-hybridized carbons (Fsp3) is 0.923. The second kappa shape index (κ2) is 7.67. The Kier molecular flexibility index (Phi) is 6.52. The van der Waals surface area contributed by atoms with Crippen LogP contribution in [0.15, 0.2) is 0 Å². The second-order valence-electron chi connectivity index (χ2n) is 4.92. The van der Waals surface area contributed by atoms with Gasteiger partial charge in [-0.3, -0.25) is 9.69 Å². The van der Waals surface area contributed by atoms with Gasteiger partial charge >= 0.3 is 0 Å². The lowest BCUT2D eigenvalue weighted by molar-refractivity contribution is -0.124. The summed E-state index contributed by atoms with van der Waals surface area (Å²) in [5.41, 5.74) is 5.49. The maximum Gasteiger partial charge on any atom is 0.234 e. The number of amides is 1. The van der Waals surface area contributed by atoms with Gasteiger partial charge in [0.1, 0.15) is 0 Å². The van der Waals surface area contributed by atoms with Gasteiger partial charge in [-0.2, -0.15) is 0 Å². The Hall–Kier alpha value is -0.610. The van der Waals surface area contributed by atoms with Crippen LogP contribution in [-0.2, 0) is 4.79 Å². The van der Waals surface area contributed by atoms with E-state index in [1.807, 2.05) is 6.92 Å². The molecule has 4 nitrogen and oxygen atoms in total. The Labute approximate surface area is 105 Å². The van der Waals surface area contributed by atoms with E-state index in [1.165, 1.54) is 19.3 Å². The molecular formula is C13H27N3O. The standard InChI is InChI=1S/C13H27N3O/c1-3-8-15-10-11-7-5-6-9-16(11)12(4-2)13(14)17/h11-12,15H,3-10H2,1-2H3,(H2,14,17). The maximum atomic E-state index is 11.5. The van der Waals surface area contributed by atoms with Crippen molar-refractivity contribution in [2.24, 2.45) is 5.73 Å². The van der Waals surface area contributed by atoms with Gasteiger partial charge in [0.2, 0.25) is 5.91 Å². The van der Waals surface area contributed by atoms with Crippen LogP contribution < -0.4 is 11.1 Å². The van der Waals surface area contributed by atoms with Crippen molar-refractivity contribution in [1.82, 2.24) is 10.2 Å². The van der Waals surface area contributed by atoms with Crippen LogP contribution in [-0.4, -0.2) is 42.5 Å². The Morgan fingerprint density at radius 1 is 1.47 bits per heavy atom. The predicted molar refractivity (Wildman–Crippen MR) is 70.8 cm³/mol. The first kappa shape index (κ1) is 14.5. The molecule has 1 fully saturated rings. The molecule has 2 unspecified atom stereocenters. The highest BCUT2D eigenvalue weighted by Gasteiger charge is 2.30. The number of nitrogens with two attached hydrogens (primary N) is 1. The van der Waals surface area contributed by atoms with E-state index in [1.54, 1.807) is 0 Å². The lowest BCUT2D eigenvalue weighted by atomic mass is 9.98. The number of hydrogen-bond acceptors (Lipinski definition) is 3. The lowest BCUT2D eigenvalue weighted by Crippen LogP contribution is -2.54. The molecule has 0 spiro atoms. The van der Waals surface area contributed by atoms with E-state index < -0.39 is 0 Å². The number of piperidine rings is 1. The molecule has 4 heteroatoms. The first-order valence-corrected chi connectivity index (χ1v) is 6.96. The minimum absolute atomic E-state index is 0.0799. The molecule has 0 radical (unpaired) electrons. The number of primary amides is 1. The molecule has 0 aromatic carbocycles. The summed E-state index contributed by atoms with van der Waals surface area (Å²) in [5.74, 6) is -0.171. The van der Waals surface area contributed by atoms with Crippen molar-refractivity contribution in [1.29, 1.82) is 0 Å². The zero-order chi connectivity index (χ0) is 12.7. The summed E-state index contributed by atoms with van der Waals surface area (Å²) in [4.78, 5) is 13.8. The van der Waals surface area contributed by atoms with Crippen LogP contribution in [0.25, 0.3) is 0 Å². The Morgan fingerprint density at radius 3 is 2.82 bits per heavy atom. The molecule has 0 aromatic heterocycles. The molecule has 1 saturated heterocycles.